The van der Waals surface area contributed by atoms with Crippen molar-refractivity contribution in [2.75, 3.05) is 13.7 Å². The second-order valence-corrected chi connectivity index (χ2v) is 7.92. The van der Waals surface area contributed by atoms with Crippen molar-refractivity contribution in [2.24, 2.45) is 5.92 Å². The zero-order valence-electron chi connectivity index (χ0n) is 15.0. The molecule has 0 spiro atoms. The van der Waals surface area contributed by atoms with Crippen LogP contribution in [0.4, 0.5) is 0 Å². The highest BCUT2D eigenvalue weighted by atomic mass is 16.5. The number of ether oxygens (including phenoxy) is 1. The number of rotatable bonds is 4. The minimum absolute atomic E-state index is 0.297. The smallest absolute Gasteiger partial charge is 0.141 e. The third kappa shape index (κ3) is 3.52. The predicted octanol–water partition coefficient (Wildman–Crippen LogP) is 4.88. The fraction of sp³-hybridized carbons (Fsp3) is 0.667. The van der Waals surface area contributed by atoms with Crippen LogP contribution >= 0.6 is 0 Å². The Labute approximate surface area is 142 Å². The van der Waals surface area contributed by atoms with Crippen LogP contribution in [-0.4, -0.2) is 19.7 Å². The fourth-order valence-corrected chi connectivity index (χ4v) is 4.77. The number of methoxy groups -OCH3 is 1. The highest BCUT2D eigenvalue weighted by molar-refractivity contribution is 5.36. The molecule has 0 unspecified atom stereocenters. The van der Waals surface area contributed by atoms with E-state index in [0.29, 0.717) is 11.5 Å². The zero-order valence-corrected chi connectivity index (χ0v) is 15.0. The van der Waals surface area contributed by atoms with Crippen LogP contribution in [0.1, 0.15) is 64.4 Å². The molecule has 23 heavy (non-hydrogen) atoms. The van der Waals surface area contributed by atoms with Crippen LogP contribution in [0.15, 0.2) is 24.3 Å². The maximum absolute atomic E-state index is 5.50. The Morgan fingerprint density at radius 2 is 2.17 bits per heavy atom. The van der Waals surface area contributed by atoms with Crippen molar-refractivity contribution < 1.29 is 4.74 Å². The first-order valence-corrected chi connectivity index (χ1v) is 9.35. The standard InChI is InChI=1S/C21H32NO/c1-16(2)13-17-10-12-21(11-5-4-9-20(21)22-15-17)18-7-6-8-19(14-18)23-3/h6-8,14,16,20,22H,4-5,9-13,15H2,1-3H3/q+1/t20-,21+/m1/s1. The Bertz CT molecular complexity index is 512. The van der Waals surface area contributed by atoms with Crippen molar-refractivity contribution in [1.29, 1.82) is 0 Å². The van der Waals surface area contributed by atoms with Gasteiger partial charge in [0.25, 0.3) is 0 Å². The molecule has 1 N–H and O–H groups in total. The summed E-state index contributed by atoms with van der Waals surface area (Å²) in [6.07, 6.45) is 9.18. The summed E-state index contributed by atoms with van der Waals surface area (Å²) in [7, 11) is 1.77. The molecule has 3 rings (SSSR count). The van der Waals surface area contributed by atoms with Gasteiger partial charge in [-0.25, -0.2) is 0 Å². The van der Waals surface area contributed by atoms with Gasteiger partial charge in [-0.1, -0.05) is 38.8 Å². The Balaban J connectivity index is 1.88. The Kier molecular flexibility index (Phi) is 5.21. The molecule has 2 heteroatoms. The van der Waals surface area contributed by atoms with Gasteiger partial charge in [0.1, 0.15) is 18.2 Å². The van der Waals surface area contributed by atoms with Crippen LogP contribution in [0.5, 0.6) is 5.75 Å². The van der Waals surface area contributed by atoms with Crippen molar-refractivity contribution in [3.05, 3.63) is 35.7 Å². The Morgan fingerprint density at radius 3 is 2.96 bits per heavy atom. The first kappa shape index (κ1) is 16.7. The van der Waals surface area contributed by atoms with E-state index in [1.54, 1.807) is 13.0 Å². The van der Waals surface area contributed by atoms with E-state index in [9.17, 15) is 0 Å². The molecule has 0 aromatic heterocycles. The molecule has 1 saturated carbocycles. The van der Waals surface area contributed by atoms with Gasteiger partial charge >= 0.3 is 0 Å². The topological polar surface area (TPSA) is 21.3 Å². The second kappa shape index (κ2) is 7.17. The maximum atomic E-state index is 5.50. The van der Waals surface area contributed by atoms with E-state index in [-0.39, 0.29) is 0 Å². The quantitative estimate of drug-likeness (QED) is 0.800. The van der Waals surface area contributed by atoms with E-state index in [2.05, 4.69) is 43.4 Å². The van der Waals surface area contributed by atoms with Crippen LogP contribution in [0.2, 0.25) is 0 Å². The SMILES string of the molecule is COc1cccc([C@@]23CCCC[C@H]2NC[C+](CC(C)C)CC3)c1. The van der Waals surface area contributed by atoms with Gasteiger partial charge in [0.2, 0.25) is 0 Å². The third-order valence-electron chi connectivity index (χ3n) is 5.90. The Hall–Kier alpha value is -1.15. The van der Waals surface area contributed by atoms with Crippen LogP contribution in [-0.2, 0) is 5.41 Å². The van der Waals surface area contributed by atoms with Gasteiger partial charge in [0.05, 0.1) is 20.0 Å². The fourth-order valence-electron chi connectivity index (χ4n) is 4.77. The van der Waals surface area contributed by atoms with Gasteiger partial charge in [-0.05, 0) is 42.9 Å². The van der Waals surface area contributed by atoms with E-state index in [4.69, 9.17) is 4.74 Å². The first-order chi connectivity index (χ1) is 11.1. The Morgan fingerprint density at radius 1 is 1.30 bits per heavy atom. The van der Waals surface area contributed by atoms with Crippen molar-refractivity contribution in [3.63, 3.8) is 0 Å². The minimum atomic E-state index is 0.297. The first-order valence-electron chi connectivity index (χ1n) is 9.35. The lowest BCUT2D eigenvalue weighted by atomic mass is 9.63. The molecule has 126 valence electrons. The van der Waals surface area contributed by atoms with E-state index in [1.807, 2.05) is 0 Å². The molecule has 1 aliphatic heterocycles. The molecule has 1 heterocycles. The average molecular weight is 314 g/mol. The van der Waals surface area contributed by atoms with Crippen molar-refractivity contribution in [2.45, 2.75) is 70.3 Å². The van der Waals surface area contributed by atoms with Gasteiger partial charge in [-0.2, -0.15) is 0 Å². The molecule has 1 saturated heterocycles. The van der Waals surface area contributed by atoms with Gasteiger partial charge in [0, 0.05) is 11.5 Å². The molecule has 0 radical (unpaired) electrons. The maximum Gasteiger partial charge on any atom is 0.141 e. The summed E-state index contributed by atoms with van der Waals surface area (Å²) in [5, 5.41) is 3.94. The predicted molar refractivity (Wildman–Crippen MR) is 96.9 cm³/mol. The largest absolute Gasteiger partial charge is 0.497 e. The molecule has 1 aromatic carbocycles. The monoisotopic (exact) mass is 314 g/mol. The van der Waals surface area contributed by atoms with Crippen molar-refractivity contribution in [1.82, 2.24) is 5.32 Å². The molecule has 2 aliphatic rings. The van der Waals surface area contributed by atoms with Crippen LogP contribution in [0.25, 0.3) is 0 Å². The number of hydrogen-bond donors (Lipinski definition) is 1. The molecular weight excluding hydrogens is 282 g/mol. The number of hydrogen-bond acceptors (Lipinski definition) is 2. The lowest BCUT2D eigenvalue weighted by molar-refractivity contribution is 0.212. The van der Waals surface area contributed by atoms with Gasteiger partial charge < -0.3 is 4.74 Å². The number of nitrogens with one attached hydrogen (secondary N) is 1. The summed E-state index contributed by atoms with van der Waals surface area (Å²) in [4.78, 5) is 0. The second-order valence-electron chi connectivity index (χ2n) is 7.92. The molecule has 0 bridgehead atoms. The van der Waals surface area contributed by atoms with E-state index >= 15 is 0 Å². The number of benzene rings is 1. The van der Waals surface area contributed by atoms with Crippen molar-refractivity contribution >= 4 is 0 Å². The normalized spacial score (nSPS) is 28.3. The summed E-state index contributed by atoms with van der Waals surface area (Å²) in [6, 6.07) is 9.47. The minimum Gasteiger partial charge on any atom is -0.497 e. The van der Waals surface area contributed by atoms with Crippen LogP contribution < -0.4 is 10.1 Å². The molecule has 2 fully saturated rings. The summed E-state index contributed by atoms with van der Waals surface area (Å²) >= 11 is 0. The highest BCUT2D eigenvalue weighted by Gasteiger charge is 2.46. The molecule has 2 atom stereocenters. The van der Waals surface area contributed by atoms with Gasteiger partial charge in [0.15, 0.2) is 0 Å². The summed E-state index contributed by atoms with van der Waals surface area (Å²) in [6.45, 7) is 5.79. The van der Waals surface area contributed by atoms with Crippen LogP contribution in [0.3, 0.4) is 0 Å². The van der Waals surface area contributed by atoms with E-state index in [1.165, 1.54) is 50.5 Å². The van der Waals surface area contributed by atoms with E-state index in [0.717, 1.165) is 18.2 Å². The van der Waals surface area contributed by atoms with E-state index < -0.39 is 0 Å². The highest BCUT2D eigenvalue weighted by Crippen LogP contribution is 2.46. The molecule has 1 aliphatic carbocycles. The van der Waals surface area contributed by atoms with Gasteiger partial charge in [-0.3, -0.25) is 5.32 Å². The molecule has 0 amide bonds. The average Bonchev–Trinajstić information content (AvgIpc) is 2.75. The van der Waals surface area contributed by atoms with Crippen molar-refractivity contribution in [3.8, 4) is 5.75 Å². The van der Waals surface area contributed by atoms with Crippen LogP contribution in [0, 0.1) is 11.8 Å². The summed E-state index contributed by atoms with van der Waals surface area (Å²) < 4.78 is 5.50. The molecule has 2 nitrogen and oxygen atoms in total. The molecular formula is C21H32NO+. The summed E-state index contributed by atoms with van der Waals surface area (Å²) in [5.74, 6) is 3.48. The van der Waals surface area contributed by atoms with Gasteiger partial charge in [-0.15, -0.1) is 0 Å². The summed E-state index contributed by atoms with van der Waals surface area (Å²) in [5.41, 5.74) is 1.78. The number of fused-ring (bicyclic) bond motifs is 1. The lowest BCUT2D eigenvalue weighted by Gasteiger charge is -2.43. The molecule has 1 aromatic rings. The lowest BCUT2D eigenvalue weighted by Crippen LogP contribution is -2.49. The zero-order chi connectivity index (χ0) is 16.3. The third-order valence-corrected chi connectivity index (χ3v) is 5.90.